The van der Waals surface area contributed by atoms with E-state index >= 15 is 0 Å². The third-order valence-electron chi connectivity index (χ3n) is 3.86. The van der Waals surface area contributed by atoms with E-state index < -0.39 is 21.5 Å². The number of sulfone groups is 1. The molecule has 8 heteroatoms. The van der Waals surface area contributed by atoms with Gasteiger partial charge in [-0.1, -0.05) is 13.0 Å². The first kappa shape index (κ1) is 17.8. The van der Waals surface area contributed by atoms with Crippen molar-refractivity contribution in [1.82, 2.24) is 10.2 Å². The predicted molar refractivity (Wildman–Crippen MR) is 82.5 cm³/mol. The average Bonchev–Trinajstić information content (AvgIpc) is 2.80. The lowest BCUT2D eigenvalue weighted by molar-refractivity contribution is -0.122. The van der Waals surface area contributed by atoms with Gasteiger partial charge >= 0.3 is 0 Å². The molecule has 1 aliphatic rings. The zero-order chi connectivity index (χ0) is 17.0. The van der Waals surface area contributed by atoms with Crippen molar-refractivity contribution in [2.45, 2.75) is 25.9 Å². The van der Waals surface area contributed by atoms with Crippen LogP contribution in [0.2, 0.25) is 0 Å². The highest BCUT2D eigenvalue weighted by molar-refractivity contribution is 7.91. The van der Waals surface area contributed by atoms with Gasteiger partial charge in [0.1, 0.15) is 11.6 Å². The topological polar surface area (TPSA) is 66.5 Å². The number of nitrogens with one attached hydrogen (secondary N) is 1. The summed E-state index contributed by atoms with van der Waals surface area (Å²) in [5.41, 5.74) is -0.0782. The molecule has 1 amide bonds. The van der Waals surface area contributed by atoms with Crippen molar-refractivity contribution < 1.29 is 22.0 Å². The third kappa shape index (κ3) is 4.97. The summed E-state index contributed by atoms with van der Waals surface area (Å²) >= 11 is 0. The fourth-order valence-electron chi connectivity index (χ4n) is 2.57. The Morgan fingerprint density at radius 1 is 1.35 bits per heavy atom. The van der Waals surface area contributed by atoms with E-state index in [1.54, 1.807) is 11.8 Å². The molecule has 0 aliphatic carbocycles. The van der Waals surface area contributed by atoms with Crippen LogP contribution in [0, 0.1) is 11.6 Å². The van der Waals surface area contributed by atoms with Crippen molar-refractivity contribution in [2.24, 2.45) is 0 Å². The number of nitrogens with zero attached hydrogens (tertiary/aromatic N) is 1. The van der Waals surface area contributed by atoms with E-state index in [9.17, 15) is 22.0 Å². The standard InChI is InChI=1S/C15H20F2N2O3S/c1-2-19(8-12-13(16)4-3-5-14(12)17)9-15(20)18-11-6-7-23(21,22)10-11/h3-5,11H,2,6-10H2,1H3,(H,18,20)/t11-/m1/s1. The van der Waals surface area contributed by atoms with Crippen LogP contribution in [0.25, 0.3) is 0 Å². The molecule has 1 N–H and O–H groups in total. The van der Waals surface area contributed by atoms with Gasteiger partial charge in [-0.15, -0.1) is 0 Å². The first-order valence-electron chi connectivity index (χ1n) is 7.45. The first-order valence-corrected chi connectivity index (χ1v) is 9.28. The van der Waals surface area contributed by atoms with Crippen LogP contribution in [0.3, 0.4) is 0 Å². The Kier molecular flexibility index (Phi) is 5.69. The molecule has 1 saturated heterocycles. The Bertz CT molecular complexity index is 659. The quantitative estimate of drug-likeness (QED) is 0.837. The van der Waals surface area contributed by atoms with Gasteiger partial charge in [-0.05, 0) is 25.1 Å². The number of carbonyl (C=O) groups is 1. The largest absolute Gasteiger partial charge is 0.351 e. The second kappa shape index (κ2) is 7.35. The summed E-state index contributed by atoms with van der Waals surface area (Å²) in [6, 6.07) is 3.26. The number of hydrogen-bond acceptors (Lipinski definition) is 4. The molecular weight excluding hydrogens is 326 g/mol. The Balaban J connectivity index is 1.93. The number of halogens is 2. The summed E-state index contributed by atoms with van der Waals surface area (Å²) in [4.78, 5) is 13.6. The molecule has 0 spiro atoms. The van der Waals surface area contributed by atoms with E-state index in [-0.39, 0.29) is 42.1 Å². The van der Waals surface area contributed by atoms with Crippen molar-refractivity contribution >= 4 is 15.7 Å². The maximum Gasteiger partial charge on any atom is 0.234 e. The van der Waals surface area contributed by atoms with Gasteiger partial charge < -0.3 is 5.32 Å². The van der Waals surface area contributed by atoms with Crippen LogP contribution >= 0.6 is 0 Å². The molecule has 2 rings (SSSR count). The highest BCUT2D eigenvalue weighted by Gasteiger charge is 2.29. The lowest BCUT2D eigenvalue weighted by Gasteiger charge is -2.21. The number of likely N-dealkylation sites (N-methyl/N-ethyl adjacent to an activating group) is 1. The Morgan fingerprint density at radius 2 is 2.00 bits per heavy atom. The summed E-state index contributed by atoms with van der Waals surface area (Å²) in [7, 11) is -3.06. The summed E-state index contributed by atoms with van der Waals surface area (Å²) in [6.07, 6.45) is 0.405. The minimum absolute atomic E-state index is 0.0224. The molecule has 0 bridgehead atoms. The van der Waals surface area contributed by atoms with Crippen LogP contribution in [0.5, 0.6) is 0 Å². The number of benzene rings is 1. The molecule has 5 nitrogen and oxygen atoms in total. The number of hydrogen-bond donors (Lipinski definition) is 1. The summed E-state index contributed by atoms with van der Waals surface area (Å²) < 4.78 is 50.1. The second-order valence-corrected chi connectivity index (χ2v) is 7.90. The van der Waals surface area contributed by atoms with Crippen molar-refractivity contribution in [1.29, 1.82) is 0 Å². The molecule has 23 heavy (non-hydrogen) atoms. The van der Waals surface area contributed by atoms with Crippen molar-refractivity contribution in [3.05, 3.63) is 35.4 Å². The maximum absolute atomic E-state index is 13.7. The van der Waals surface area contributed by atoms with Crippen LogP contribution in [0.1, 0.15) is 18.9 Å². The van der Waals surface area contributed by atoms with Crippen molar-refractivity contribution in [3.63, 3.8) is 0 Å². The third-order valence-corrected chi connectivity index (χ3v) is 5.62. The lowest BCUT2D eigenvalue weighted by atomic mass is 10.2. The van der Waals surface area contributed by atoms with Crippen LogP contribution in [-0.2, 0) is 21.2 Å². The van der Waals surface area contributed by atoms with Gasteiger partial charge in [-0.25, -0.2) is 17.2 Å². The normalized spacial score (nSPS) is 19.9. The van der Waals surface area contributed by atoms with Gasteiger partial charge in [0, 0.05) is 18.2 Å². The molecule has 0 unspecified atom stereocenters. The number of carbonyl (C=O) groups excluding carboxylic acids is 1. The van der Waals surface area contributed by atoms with Gasteiger partial charge in [0.25, 0.3) is 0 Å². The van der Waals surface area contributed by atoms with E-state index in [2.05, 4.69) is 5.32 Å². The Hall–Kier alpha value is -1.54. The molecule has 1 fully saturated rings. The molecule has 1 aliphatic heterocycles. The second-order valence-electron chi connectivity index (χ2n) is 5.67. The van der Waals surface area contributed by atoms with E-state index in [0.29, 0.717) is 13.0 Å². The zero-order valence-corrected chi connectivity index (χ0v) is 13.7. The van der Waals surface area contributed by atoms with E-state index in [1.165, 1.54) is 18.2 Å². The molecule has 1 aromatic carbocycles. The highest BCUT2D eigenvalue weighted by atomic mass is 32.2. The molecule has 1 heterocycles. The molecule has 0 saturated carbocycles. The molecule has 1 atom stereocenters. The molecular formula is C15H20F2N2O3S. The minimum Gasteiger partial charge on any atom is -0.351 e. The monoisotopic (exact) mass is 346 g/mol. The smallest absolute Gasteiger partial charge is 0.234 e. The first-order chi connectivity index (χ1) is 10.8. The molecule has 1 aromatic rings. The number of amides is 1. The van der Waals surface area contributed by atoms with Crippen LogP contribution in [-0.4, -0.2) is 49.9 Å². The SMILES string of the molecule is CCN(CC(=O)N[C@@H]1CCS(=O)(=O)C1)Cc1c(F)cccc1F. The fraction of sp³-hybridized carbons (Fsp3) is 0.533. The van der Waals surface area contributed by atoms with Crippen LogP contribution in [0.4, 0.5) is 8.78 Å². The number of rotatable bonds is 6. The Morgan fingerprint density at radius 3 is 2.52 bits per heavy atom. The Labute approximate surface area is 134 Å². The van der Waals surface area contributed by atoms with Crippen LogP contribution < -0.4 is 5.32 Å². The average molecular weight is 346 g/mol. The van der Waals surface area contributed by atoms with Gasteiger partial charge in [0.2, 0.25) is 5.91 Å². The van der Waals surface area contributed by atoms with E-state index in [1.807, 2.05) is 0 Å². The summed E-state index contributed by atoms with van der Waals surface area (Å²) in [5.74, 6) is -1.61. The predicted octanol–water partition coefficient (Wildman–Crippen LogP) is 1.09. The van der Waals surface area contributed by atoms with Gasteiger partial charge in [-0.2, -0.15) is 0 Å². The fourth-order valence-corrected chi connectivity index (χ4v) is 4.25. The minimum atomic E-state index is -3.06. The molecule has 0 radical (unpaired) electrons. The van der Waals surface area contributed by atoms with E-state index in [0.717, 1.165) is 0 Å². The maximum atomic E-state index is 13.7. The van der Waals surface area contributed by atoms with E-state index in [4.69, 9.17) is 0 Å². The van der Waals surface area contributed by atoms with Gasteiger partial charge in [0.05, 0.1) is 18.1 Å². The lowest BCUT2D eigenvalue weighted by Crippen LogP contribution is -2.42. The molecule has 128 valence electrons. The molecule has 0 aromatic heterocycles. The highest BCUT2D eigenvalue weighted by Crippen LogP contribution is 2.15. The summed E-state index contributed by atoms with van der Waals surface area (Å²) in [5, 5.41) is 2.67. The summed E-state index contributed by atoms with van der Waals surface area (Å²) in [6.45, 7) is 2.16. The van der Waals surface area contributed by atoms with Crippen molar-refractivity contribution in [3.8, 4) is 0 Å². The zero-order valence-electron chi connectivity index (χ0n) is 12.9. The van der Waals surface area contributed by atoms with Gasteiger partial charge in [-0.3, -0.25) is 9.69 Å². The van der Waals surface area contributed by atoms with Crippen molar-refractivity contribution in [2.75, 3.05) is 24.6 Å². The van der Waals surface area contributed by atoms with Crippen LogP contribution in [0.15, 0.2) is 18.2 Å². The van der Waals surface area contributed by atoms with Gasteiger partial charge in [0.15, 0.2) is 9.84 Å².